The monoisotopic (exact) mass is 352 g/mol. The maximum atomic E-state index is 13.0. The second-order valence-corrected chi connectivity index (χ2v) is 6.12. The van der Waals surface area contributed by atoms with Gasteiger partial charge < -0.3 is 19.8 Å². The fourth-order valence-electron chi connectivity index (χ4n) is 3.28. The number of nitrogens with zero attached hydrogens (tertiary/aromatic N) is 1. The smallest absolute Gasteiger partial charge is 0.272 e. The first kappa shape index (κ1) is 16.4. The first-order valence-corrected chi connectivity index (χ1v) is 8.52. The Hall–Kier alpha value is -3.06. The molecule has 0 radical (unpaired) electrons. The van der Waals surface area contributed by atoms with E-state index in [0.29, 0.717) is 23.7 Å². The van der Waals surface area contributed by atoms with Crippen LogP contribution in [0.2, 0.25) is 0 Å². The number of ether oxygens (including phenoxy) is 1. The predicted octanol–water partition coefficient (Wildman–Crippen LogP) is 2.18. The minimum absolute atomic E-state index is 0.251. The van der Waals surface area contributed by atoms with Gasteiger partial charge in [0.25, 0.3) is 5.91 Å². The SMILES string of the molecule is COc1ccccc1C(NC(=O)c1n[nH]c2c1CNCC2)c1ccco1. The van der Waals surface area contributed by atoms with E-state index in [-0.39, 0.29) is 5.91 Å². The molecule has 0 bridgehead atoms. The number of fused-ring (bicyclic) bond motifs is 1. The van der Waals surface area contributed by atoms with Gasteiger partial charge in [-0.25, -0.2) is 0 Å². The van der Waals surface area contributed by atoms with E-state index in [4.69, 9.17) is 9.15 Å². The third kappa shape index (κ3) is 2.97. The lowest BCUT2D eigenvalue weighted by Gasteiger charge is -2.20. The minimum atomic E-state index is -0.474. The number of H-pyrrole nitrogens is 1. The molecule has 0 spiro atoms. The molecular weight excluding hydrogens is 332 g/mol. The number of benzene rings is 1. The minimum Gasteiger partial charge on any atom is -0.496 e. The molecule has 1 amide bonds. The molecule has 1 aliphatic rings. The van der Waals surface area contributed by atoms with Gasteiger partial charge in [-0.2, -0.15) is 5.10 Å². The molecule has 0 fully saturated rings. The first-order valence-electron chi connectivity index (χ1n) is 8.52. The van der Waals surface area contributed by atoms with Gasteiger partial charge in [0.05, 0.1) is 13.4 Å². The lowest BCUT2D eigenvalue weighted by Crippen LogP contribution is -2.32. The highest BCUT2D eigenvalue weighted by molar-refractivity contribution is 5.94. The molecule has 0 saturated carbocycles. The average Bonchev–Trinajstić information content (AvgIpc) is 3.36. The number of nitrogens with one attached hydrogen (secondary N) is 3. The molecule has 0 saturated heterocycles. The number of hydrogen-bond acceptors (Lipinski definition) is 5. The number of methoxy groups -OCH3 is 1. The van der Waals surface area contributed by atoms with E-state index in [0.717, 1.165) is 29.8 Å². The predicted molar refractivity (Wildman–Crippen MR) is 95.0 cm³/mol. The van der Waals surface area contributed by atoms with Gasteiger partial charge in [0, 0.05) is 36.3 Å². The van der Waals surface area contributed by atoms with Gasteiger partial charge in [0.2, 0.25) is 0 Å². The normalized spacial score (nSPS) is 14.5. The average molecular weight is 352 g/mol. The van der Waals surface area contributed by atoms with Crippen LogP contribution in [0.25, 0.3) is 0 Å². The molecule has 4 rings (SSSR count). The van der Waals surface area contributed by atoms with Crippen LogP contribution in [-0.4, -0.2) is 29.8 Å². The Morgan fingerprint density at radius 1 is 1.31 bits per heavy atom. The van der Waals surface area contributed by atoms with Crippen molar-refractivity contribution in [1.29, 1.82) is 0 Å². The second kappa shape index (κ2) is 7.05. The number of rotatable bonds is 5. The first-order chi connectivity index (χ1) is 12.8. The number of aromatic nitrogens is 2. The summed E-state index contributed by atoms with van der Waals surface area (Å²) in [7, 11) is 1.61. The molecule has 2 aromatic heterocycles. The number of hydrogen-bond donors (Lipinski definition) is 3. The van der Waals surface area contributed by atoms with E-state index in [1.54, 1.807) is 19.4 Å². The molecule has 134 valence electrons. The van der Waals surface area contributed by atoms with Crippen LogP contribution in [0.5, 0.6) is 5.75 Å². The number of carbonyl (C=O) groups excluding carboxylic acids is 1. The molecule has 1 aromatic carbocycles. The van der Waals surface area contributed by atoms with Crippen LogP contribution in [-0.2, 0) is 13.0 Å². The van der Waals surface area contributed by atoms with E-state index < -0.39 is 6.04 Å². The van der Waals surface area contributed by atoms with Crippen LogP contribution in [0.1, 0.15) is 39.1 Å². The Kier molecular flexibility index (Phi) is 4.45. The molecule has 3 aromatic rings. The van der Waals surface area contributed by atoms with Crippen molar-refractivity contribution in [2.75, 3.05) is 13.7 Å². The Labute approximate surface area is 150 Å². The molecule has 1 unspecified atom stereocenters. The highest BCUT2D eigenvalue weighted by Crippen LogP contribution is 2.30. The summed E-state index contributed by atoms with van der Waals surface area (Å²) in [5.74, 6) is 1.06. The zero-order valence-electron chi connectivity index (χ0n) is 14.4. The summed E-state index contributed by atoms with van der Waals surface area (Å²) >= 11 is 0. The summed E-state index contributed by atoms with van der Waals surface area (Å²) in [6.07, 6.45) is 2.42. The van der Waals surface area contributed by atoms with Gasteiger partial charge in [0.15, 0.2) is 5.69 Å². The van der Waals surface area contributed by atoms with Crippen molar-refractivity contribution in [3.8, 4) is 5.75 Å². The summed E-state index contributed by atoms with van der Waals surface area (Å²) in [6, 6.07) is 10.7. The zero-order valence-corrected chi connectivity index (χ0v) is 14.4. The lowest BCUT2D eigenvalue weighted by atomic mass is 10.0. The summed E-state index contributed by atoms with van der Waals surface area (Å²) in [5.41, 5.74) is 3.17. The topological polar surface area (TPSA) is 92.2 Å². The number of carbonyl (C=O) groups is 1. The van der Waals surface area contributed by atoms with E-state index in [2.05, 4.69) is 20.8 Å². The van der Waals surface area contributed by atoms with Crippen molar-refractivity contribution in [3.63, 3.8) is 0 Å². The van der Waals surface area contributed by atoms with Crippen molar-refractivity contribution in [2.45, 2.75) is 19.0 Å². The molecular formula is C19H20N4O3. The van der Waals surface area contributed by atoms with Crippen LogP contribution < -0.4 is 15.4 Å². The standard InChI is InChI=1S/C19H20N4O3/c1-25-15-6-3-2-5-12(15)17(16-7-4-10-26-16)21-19(24)18-13-11-20-9-8-14(13)22-23-18/h2-7,10,17,20H,8-9,11H2,1H3,(H,21,24)(H,22,23). The quantitative estimate of drug-likeness (QED) is 0.654. The van der Waals surface area contributed by atoms with Gasteiger partial charge in [-0.15, -0.1) is 0 Å². The second-order valence-electron chi connectivity index (χ2n) is 6.12. The van der Waals surface area contributed by atoms with Crippen LogP contribution >= 0.6 is 0 Å². The summed E-state index contributed by atoms with van der Waals surface area (Å²) in [4.78, 5) is 13.0. The Morgan fingerprint density at radius 3 is 3.00 bits per heavy atom. The van der Waals surface area contributed by atoms with Crippen molar-refractivity contribution in [1.82, 2.24) is 20.8 Å². The zero-order chi connectivity index (χ0) is 17.9. The van der Waals surface area contributed by atoms with Gasteiger partial charge >= 0.3 is 0 Å². The van der Waals surface area contributed by atoms with E-state index in [1.165, 1.54) is 0 Å². The fourth-order valence-corrected chi connectivity index (χ4v) is 3.28. The van der Waals surface area contributed by atoms with Gasteiger partial charge in [-0.05, 0) is 18.2 Å². The van der Waals surface area contributed by atoms with Gasteiger partial charge in [-0.1, -0.05) is 18.2 Å². The molecule has 3 N–H and O–H groups in total. The molecule has 1 atom stereocenters. The number of amides is 1. The van der Waals surface area contributed by atoms with Crippen LogP contribution in [0.4, 0.5) is 0 Å². The fraction of sp³-hybridized carbons (Fsp3) is 0.263. The summed E-state index contributed by atoms with van der Waals surface area (Å²) in [6.45, 7) is 1.52. The van der Waals surface area contributed by atoms with Crippen LogP contribution in [0.15, 0.2) is 47.1 Å². The Morgan fingerprint density at radius 2 is 2.19 bits per heavy atom. The third-order valence-electron chi connectivity index (χ3n) is 4.57. The largest absolute Gasteiger partial charge is 0.496 e. The number of para-hydroxylation sites is 1. The van der Waals surface area contributed by atoms with Crippen molar-refractivity contribution >= 4 is 5.91 Å². The Bertz CT molecular complexity index is 901. The van der Waals surface area contributed by atoms with Gasteiger partial charge in [-0.3, -0.25) is 9.89 Å². The van der Waals surface area contributed by atoms with Crippen LogP contribution in [0.3, 0.4) is 0 Å². The summed E-state index contributed by atoms with van der Waals surface area (Å²) < 4.78 is 11.0. The highest BCUT2D eigenvalue weighted by Gasteiger charge is 2.27. The molecule has 1 aliphatic heterocycles. The molecule has 3 heterocycles. The lowest BCUT2D eigenvalue weighted by molar-refractivity contribution is 0.0932. The van der Waals surface area contributed by atoms with Crippen molar-refractivity contribution in [3.05, 3.63) is 70.9 Å². The van der Waals surface area contributed by atoms with E-state index in [1.807, 2.05) is 30.3 Å². The molecule has 7 nitrogen and oxygen atoms in total. The molecule has 7 heteroatoms. The highest BCUT2D eigenvalue weighted by atomic mass is 16.5. The molecule has 26 heavy (non-hydrogen) atoms. The maximum Gasteiger partial charge on any atom is 0.272 e. The van der Waals surface area contributed by atoms with E-state index in [9.17, 15) is 4.79 Å². The van der Waals surface area contributed by atoms with Gasteiger partial charge in [0.1, 0.15) is 17.6 Å². The van der Waals surface area contributed by atoms with E-state index >= 15 is 0 Å². The van der Waals surface area contributed by atoms with Crippen molar-refractivity contribution < 1.29 is 13.9 Å². The maximum absolute atomic E-state index is 13.0. The third-order valence-corrected chi connectivity index (χ3v) is 4.57. The number of furan rings is 1. The Balaban J connectivity index is 1.67. The van der Waals surface area contributed by atoms with Crippen molar-refractivity contribution in [2.24, 2.45) is 0 Å². The number of aromatic amines is 1. The summed E-state index contributed by atoms with van der Waals surface area (Å²) in [5, 5.41) is 13.5. The molecule has 0 aliphatic carbocycles. The van der Waals surface area contributed by atoms with Crippen LogP contribution in [0, 0.1) is 0 Å².